The molecule has 0 aliphatic rings. The van der Waals surface area contributed by atoms with Gasteiger partial charge in [-0.25, -0.2) is 15.5 Å². The molecule has 90 valence electrons. The first-order valence-corrected chi connectivity index (χ1v) is 5.92. The molecule has 2 heterocycles. The van der Waals surface area contributed by atoms with Crippen LogP contribution in [0.15, 0.2) is 16.2 Å². The second-order valence-electron chi connectivity index (χ2n) is 2.94. The van der Waals surface area contributed by atoms with E-state index in [0.29, 0.717) is 26.0 Å². The Morgan fingerprint density at radius 2 is 2.18 bits per heavy atom. The lowest BCUT2D eigenvalue weighted by Crippen LogP contribution is -2.09. The Morgan fingerprint density at radius 1 is 1.41 bits per heavy atom. The van der Waals surface area contributed by atoms with Crippen molar-refractivity contribution in [2.45, 2.75) is 10.2 Å². The van der Waals surface area contributed by atoms with E-state index < -0.39 is 0 Å². The zero-order chi connectivity index (χ0) is 12.4. The molecule has 2 rings (SSSR count). The SMILES string of the molecule is Cn1nnnc1Sc1nc(NN)c(Cl)cc1Cl. The van der Waals surface area contributed by atoms with Gasteiger partial charge in [0, 0.05) is 7.05 Å². The molecular formula is C7H7Cl2N7S. The molecule has 7 nitrogen and oxygen atoms in total. The highest BCUT2D eigenvalue weighted by molar-refractivity contribution is 7.99. The van der Waals surface area contributed by atoms with Crippen molar-refractivity contribution >= 4 is 40.8 Å². The number of nitrogens with two attached hydrogens (primary N) is 1. The first kappa shape index (κ1) is 12.4. The highest BCUT2D eigenvalue weighted by Crippen LogP contribution is 2.34. The second-order valence-corrected chi connectivity index (χ2v) is 4.71. The molecule has 0 aromatic carbocycles. The number of hydrazine groups is 1. The van der Waals surface area contributed by atoms with Gasteiger partial charge in [-0.3, -0.25) is 0 Å². The number of tetrazole rings is 1. The van der Waals surface area contributed by atoms with Crippen molar-refractivity contribution < 1.29 is 0 Å². The van der Waals surface area contributed by atoms with E-state index in [4.69, 9.17) is 29.0 Å². The molecule has 3 N–H and O–H groups in total. The predicted octanol–water partition coefficient (Wildman–Crippen LogP) is 1.35. The minimum absolute atomic E-state index is 0.341. The number of hydrogen-bond acceptors (Lipinski definition) is 7. The Bertz CT molecular complexity index is 543. The monoisotopic (exact) mass is 291 g/mol. The number of rotatable bonds is 3. The van der Waals surface area contributed by atoms with Gasteiger partial charge in [0.1, 0.15) is 5.03 Å². The summed E-state index contributed by atoms with van der Waals surface area (Å²) in [6, 6.07) is 1.55. The molecule has 0 fully saturated rings. The number of aromatic nitrogens is 5. The standard InChI is InChI=1S/C7H7Cl2N7S/c1-16-7(13-14-15-16)17-6-4(9)2-3(8)5(11-6)12-10/h2H,10H2,1H3,(H,11,12). The Balaban J connectivity index is 2.36. The predicted molar refractivity (Wildman–Crippen MR) is 65.0 cm³/mol. The summed E-state index contributed by atoms with van der Waals surface area (Å²) >= 11 is 13.1. The average Bonchev–Trinajstić information content (AvgIpc) is 2.68. The molecule has 0 amide bonds. The molecule has 10 heteroatoms. The Labute approximate surface area is 111 Å². The van der Waals surface area contributed by atoms with Crippen LogP contribution in [0.5, 0.6) is 0 Å². The highest BCUT2D eigenvalue weighted by Gasteiger charge is 2.13. The summed E-state index contributed by atoms with van der Waals surface area (Å²) in [4.78, 5) is 4.16. The van der Waals surface area contributed by atoms with E-state index in [9.17, 15) is 0 Å². The lowest BCUT2D eigenvalue weighted by molar-refractivity contribution is 0.664. The number of nitrogens with one attached hydrogen (secondary N) is 1. The molecule has 0 spiro atoms. The lowest BCUT2D eigenvalue weighted by atomic mass is 10.4. The fourth-order valence-corrected chi connectivity index (χ4v) is 2.26. The zero-order valence-corrected chi connectivity index (χ0v) is 10.9. The van der Waals surface area contributed by atoms with Crippen molar-refractivity contribution in [2.24, 2.45) is 12.9 Å². The summed E-state index contributed by atoms with van der Waals surface area (Å²) in [6.45, 7) is 0. The number of hydrogen-bond donors (Lipinski definition) is 2. The second kappa shape index (κ2) is 5.05. The molecule has 0 unspecified atom stereocenters. The van der Waals surface area contributed by atoms with Crippen LogP contribution in [0.1, 0.15) is 0 Å². The van der Waals surface area contributed by atoms with Crippen molar-refractivity contribution in [3.8, 4) is 0 Å². The number of anilines is 1. The minimum atomic E-state index is 0.341. The van der Waals surface area contributed by atoms with Crippen LogP contribution in [0.25, 0.3) is 0 Å². The van der Waals surface area contributed by atoms with Gasteiger partial charge in [-0.15, -0.1) is 5.10 Å². The van der Waals surface area contributed by atoms with Crippen molar-refractivity contribution in [1.82, 2.24) is 25.2 Å². The summed E-state index contributed by atoms with van der Waals surface area (Å²) in [5.74, 6) is 5.62. The van der Waals surface area contributed by atoms with Gasteiger partial charge in [0.2, 0.25) is 5.16 Å². The van der Waals surface area contributed by atoms with E-state index in [-0.39, 0.29) is 0 Å². The van der Waals surface area contributed by atoms with E-state index in [0.717, 1.165) is 0 Å². The van der Waals surface area contributed by atoms with Crippen LogP contribution in [0.3, 0.4) is 0 Å². The summed E-state index contributed by atoms with van der Waals surface area (Å²) in [7, 11) is 1.72. The third-order valence-electron chi connectivity index (χ3n) is 1.80. The third kappa shape index (κ3) is 2.60. The van der Waals surface area contributed by atoms with E-state index in [1.807, 2.05) is 0 Å². The third-order valence-corrected chi connectivity index (χ3v) is 3.52. The molecule has 2 aromatic rings. The van der Waals surface area contributed by atoms with Crippen LogP contribution in [-0.2, 0) is 7.05 Å². The molecule has 0 aliphatic heterocycles. The molecule has 0 saturated carbocycles. The maximum atomic E-state index is 6.01. The van der Waals surface area contributed by atoms with E-state index in [1.54, 1.807) is 13.1 Å². The molecule has 0 aliphatic carbocycles. The number of nitrogens with zero attached hydrogens (tertiary/aromatic N) is 5. The van der Waals surface area contributed by atoms with Crippen LogP contribution in [0.4, 0.5) is 5.82 Å². The summed E-state index contributed by atoms with van der Waals surface area (Å²) < 4.78 is 1.51. The largest absolute Gasteiger partial charge is 0.307 e. The van der Waals surface area contributed by atoms with Gasteiger partial charge in [0.25, 0.3) is 0 Å². The molecule has 0 saturated heterocycles. The van der Waals surface area contributed by atoms with Gasteiger partial charge in [-0.2, -0.15) is 0 Å². The first-order chi connectivity index (χ1) is 8.11. The van der Waals surface area contributed by atoms with Gasteiger partial charge in [0.05, 0.1) is 10.0 Å². The van der Waals surface area contributed by atoms with Crippen LogP contribution in [0, 0.1) is 0 Å². The van der Waals surface area contributed by atoms with Gasteiger partial charge < -0.3 is 5.43 Å². The van der Waals surface area contributed by atoms with Crippen molar-refractivity contribution in [2.75, 3.05) is 5.43 Å². The molecule has 2 aromatic heterocycles. The topological polar surface area (TPSA) is 94.5 Å². The van der Waals surface area contributed by atoms with Crippen molar-refractivity contribution in [1.29, 1.82) is 0 Å². The fraction of sp³-hybridized carbons (Fsp3) is 0.143. The van der Waals surface area contributed by atoms with Crippen molar-refractivity contribution in [3.05, 3.63) is 16.1 Å². The Hall–Kier alpha value is -1.09. The first-order valence-electron chi connectivity index (χ1n) is 4.34. The van der Waals surface area contributed by atoms with E-state index in [1.165, 1.54) is 16.4 Å². The zero-order valence-electron chi connectivity index (χ0n) is 8.55. The molecular weight excluding hydrogens is 285 g/mol. The average molecular weight is 292 g/mol. The lowest BCUT2D eigenvalue weighted by Gasteiger charge is -2.06. The van der Waals surface area contributed by atoms with Gasteiger partial charge >= 0.3 is 0 Å². The molecule has 0 radical (unpaired) electrons. The minimum Gasteiger partial charge on any atom is -0.307 e. The Morgan fingerprint density at radius 3 is 2.76 bits per heavy atom. The maximum Gasteiger partial charge on any atom is 0.215 e. The van der Waals surface area contributed by atoms with Crippen LogP contribution >= 0.6 is 35.0 Å². The van der Waals surface area contributed by atoms with E-state index in [2.05, 4.69) is 25.9 Å². The smallest absolute Gasteiger partial charge is 0.215 e. The van der Waals surface area contributed by atoms with E-state index >= 15 is 0 Å². The van der Waals surface area contributed by atoms with Crippen LogP contribution < -0.4 is 11.3 Å². The number of halogens is 2. The number of pyridine rings is 1. The Kier molecular flexibility index (Phi) is 3.67. The molecule has 17 heavy (non-hydrogen) atoms. The summed E-state index contributed by atoms with van der Waals surface area (Å²) in [5, 5.41) is 12.8. The molecule has 0 bridgehead atoms. The maximum absolute atomic E-state index is 6.01. The fourth-order valence-electron chi connectivity index (χ4n) is 1.02. The summed E-state index contributed by atoms with van der Waals surface area (Å²) in [6.07, 6.45) is 0. The van der Waals surface area contributed by atoms with Gasteiger partial charge in [-0.05, 0) is 28.3 Å². The summed E-state index contributed by atoms with van der Waals surface area (Å²) in [5.41, 5.74) is 2.38. The quantitative estimate of drug-likeness (QED) is 0.651. The molecule has 0 atom stereocenters. The van der Waals surface area contributed by atoms with Crippen molar-refractivity contribution in [3.63, 3.8) is 0 Å². The van der Waals surface area contributed by atoms with Gasteiger partial charge in [0.15, 0.2) is 5.82 Å². The van der Waals surface area contributed by atoms with Crippen LogP contribution in [0.2, 0.25) is 10.0 Å². The highest BCUT2D eigenvalue weighted by atomic mass is 35.5. The van der Waals surface area contributed by atoms with Crippen LogP contribution in [-0.4, -0.2) is 25.2 Å². The normalized spacial score (nSPS) is 10.6. The number of nitrogen functional groups attached to an aromatic ring is 1. The van der Waals surface area contributed by atoms with Gasteiger partial charge in [-0.1, -0.05) is 23.2 Å². The number of aryl methyl sites for hydroxylation is 1.